The first-order chi connectivity index (χ1) is 16.5. The normalized spacial score (nSPS) is 19.4. The minimum absolute atomic E-state index is 0.169. The number of carbonyl (C=O) groups excluding carboxylic acids is 2. The number of ether oxygens (including phenoxy) is 2. The van der Waals surface area contributed by atoms with Gasteiger partial charge in [0.15, 0.2) is 17.0 Å². The highest BCUT2D eigenvalue weighted by molar-refractivity contribution is 6.07. The number of benzene rings is 3. The average Bonchev–Trinajstić information content (AvgIpc) is 3.10. The van der Waals surface area contributed by atoms with Crippen LogP contribution in [0, 0.1) is 0 Å². The van der Waals surface area contributed by atoms with Gasteiger partial charge in [-0.15, -0.1) is 0 Å². The first-order valence-electron chi connectivity index (χ1n) is 11.4. The Bertz CT molecular complexity index is 1180. The highest BCUT2D eigenvalue weighted by Crippen LogP contribution is 2.34. The molecule has 1 saturated heterocycles. The second-order valence-electron chi connectivity index (χ2n) is 8.73. The largest absolute Gasteiger partial charge is 0.486 e. The smallest absolute Gasteiger partial charge is 0.326 e. The summed E-state index contributed by atoms with van der Waals surface area (Å²) in [6.45, 7) is 1.79. The van der Waals surface area contributed by atoms with E-state index in [0.29, 0.717) is 26.2 Å². The first-order valence-corrected chi connectivity index (χ1v) is 11.4. The van der Waals surface area contributed by atoms with Crippen molar-refractivity contribution in [2.45, 2.75) is 18.5 Å². The molecule has 0 spiro atoms. The number of nitrogens with one attached hydrogen (secondary N) is 1. The molecule has 7 heteroatoms. The molecule has 3 aromatic rings. The minimum atomic E-state index is -1.14. The fourth-order valence-corrected chi connectivity index (χ4v) is 4.59. The minimum Gasteiger partial charge on any atom is -0.486 e. The van der Waals surface area contributed by atoms with E-state index in [1.807, 2.05) is 90.8 Å². The third-order valence-electron chi connectivity index (χ3n) is 6.20. The Morgan fingerprint density at radius 1 is 0.882 bits per heavy atom. The lowest BCUT2D eigenvalue weighted by Gasteiger charge is -2.28. The van der Waals surface area contributed by atoms with Crippen molar-refractivity contribution in [1.82, 2.24) is 15.1 Å². The van der Waals surface area contributed by atoms with Crippen LogP contribution in [0.3, 0.4) is 0 Å². The van der Waals surface area contributed by atoms with Crippen LogP contribution >= 0.6 is 0 Å². The van der Waals surface area contributed by atoms with Gasteiger partial charge >= 0.3 is 6.03 Å². The summed E-state index contributed by atoms with van der Waals surface area (Å²) in [5, 5.41) is 3.02. The van der Waals surface area contributed by atoms with Crippen molar-refractivity contribution in [3.63, 3.8) is 0 Å². The summed E-state index contributed by atoms with van der Waals surface area (Å²) in [6, 6.07) is 24.6. The quantitative estimate of drug-likeness (QED) is 0.550. The van der Waals surface area contributed by atoms with Crippen molar-refractivity contribution in [3.8, 4) is 11.5 Å². The molecule has 174 valence electrons. The summed E-state index contributed by atoms with van der Waals surface area (Å²) in [7, 11) is 1.89. The molecule has 0 aliphatic carbocycles. The van der Waals surface area contributed by atoms with E-state index in [1.54, 1.807) is 0 Å². The summed E-state index contributed by atoms with van der Waals surface area (Å²) >= 11 is 0. The van der Waals surface area contributed by atoms with Crippen LogP contribution in [-0.4, -0.2) is 48.7 Å². The summed E-state index contributed by atoms with van der Waals surface area (Å²) in [5.41, 5.74) is 1.62. The molecular weight excluding hydrogens is 430 g/mol. The summed E-state index contributed by atoms with van der Waals surface area (Å²) < 4.78 is 11.3. The van der Waals surface area contributed by atoms with E-state index in [-0.39, 0.29) is 18.6 Å². The molecule has 2 aliphatic heterocycles. The molecule has 3 aromatic carbocycles. The van der Waals surface area contributed by atoms with Gasteiger partial charge in [0.05, 0.1) is 6.67 Å². The van der Waals surface area contributed by atoms with E-state index < -0.39 is 5.54 Å². The van der Waals surface area contributed by atoms with Crippen LogP contribution in [0.25, 0.3) is 0 Å². The van der Waals surface area contributed by atoms with Crippen LogP contribution in [0.15, 0.2) is 78.9 Å². The van der Waals surface area contributed by atoms with E-state index in [2.05, 4.69) is 5.32 Å². The summed E-state index contributed by atoms with van der Waals surface area (Å²) in [6.07, 6.45) is 0.380. The fourth-order valence-electron chi connectivity index (χ4n) is 4.59. The Morgan fingerprint density at radius 3 is 2.29 bits per heavy atom. The molecule has 1 N–H and O–H groups in total. The highest BCUT2D eigenvalue weighted by atomic mass is 16.6. The zero-order chi connectivity index (χ0) is 23.5. The number of fused-ring (bicyclic) bond motifs is 1. The van der Waals surface area contributed by atoms with Gasteiger partial charge in [0, 0.05) is 13.0 Å². The molecule has 7 nitrogen and oxygen atoms in total. The molecule has 34 heavy (non-hydrogen) atoms. The van der Waals surface area contributed by atoms with Crippen LogP contribution in [0.4, 0.5) is 4.79 Å². The molecule has 0 unspecified atom stereocenters. The second kappa shape index (κ2) is 9.19. The van der Waals surface area contributed by atoms with Crippen LogP contribution in [0.2, 0.25) is 0 Å². The van der Waals surface area contributed by atoms with E-state index in [9.17, 15) is 9.59 Å². The molecule has 0 aromatic heterocycles. The third-order valence-corrected chi connectivity index (χ3v) is 6.20. The summed E-state index contributed by atoms with van der Waals surface area (Å²) in [4.78, 5) is 30.1. The molecule has 0 saturated carbocycles. The monoisotopic (exact) mass is 457 g/mol. The Balaban J connectivity index is 1.36. The Morgan fingerprint density at radius 2 is 1.56 bits per heavy atom. The van der Waals surface area contributed by atoms with Crippen molar-refractivity contribution in [2.24, 2.45) is 0 Å². The van der Waals surface area contributed by atoms with E-state index in [4.69, 9.17) is 9.47 Å². The van der Waals surface area contributed by atoms with E-state index in [0.717, 1.165) is 28.2 Å². The predicted octanol–water partition coefficient (Wildman–Crippen LogP) is 3.54. The molecular formula is C27H27N3O4. The molecule has 1 atom stereocenters. The zero-order valence-electron chi connectivity index (χ0n) is 19.1. The van der Waals surface area contributed by atoms with Crippen molar-refractivity contribution in [2.75, 3.05) is 26.9 Å². The number of urea groups is 1. The van der Waals surface area contributed by atoms with Crippen molar-refractivity contribution in [3.05, 3.63) is 95.6 Å². The number of carbonyl (C=O) groups is 2. The van der Waals surface area contributed by atoms with Crippen molar-refractivity contribution < 1.29 is 19.1 Å². The maximum absolute atomic E-state index is 13.8. The van der Waals surface area contributed by atoms with Gasteiger partial charge in [-0.1, -0.05) is 66.7 Å². The average molecular weight is 458 g/mol. The molecule has 2 heterocycles. The standard InChI is InChI=1S/C27H27N3O4/c1-29(18-21-12-13-23-24(16-21)34-15-14-33-23)19-30-25(31)27(28-26(30)32,22-10-6-3-7-11-22)17-20-8-4-2-5-9-20/h2-13,16H,14-15,17-19H2,1H3,(H,28,32)/t27-/m0/s1. The zero-order valence-corrected chi connectivity index (χ0v) is 19.1. The van der Waals surface area contributed by atoms with Gasteiger partial charge < -0.3 is 14.8 Å². The number of amides is 3. The van der Waals surface area contributed by atoms with Crippen molar-refractivity contribution in [1.29, 1.82) is 0 Å². The SMILES string of the molecule is CN(Cc1ccc2c(c1)OCCO2)CN1C(=O)N[C@@](Cc2ccccc2)(c2ccccc2)C1=O. The number of hydrogen-bond donors (Lipinski definition) is 1. The van der Waals surface area contributed by atoms with Crippen LogP contribution in [0.5, 0.6) is 11.5 Å². The number of nitrogens with zero attached hydrogens (tertiary/aromatic N) is 2. The van der Waals surface area contributed by atoms with Crippen LogP contribution < -0.4 is 14.8 Å². The highest BCUT2D eigenvalue weighted by Gasteiger charge is 2.52. The summed E-state index contributed by atoms with van der Waals surface area (Å²) in [5.74, 6) is 1.21. The Labute approximate surface area is 198 Å². The van der Waals surface area contributed by atoms with Gasteiger partial charge in [0.2, 0.25) is 0 Å². The van der Waals surface area contributed by atoms with Gasteiger partial charge in [0.25, 0.3) is 5.91 Å². The number of rotatable bonds is 7. The van der Waals surface area contributed by atoms with E-state index >= 15 is 0 Å². The fraction of sp³-hybridized carbons (Fsp3) is 0.259. The van der Waals surface area contributed by atoms with Crippen LogP contribution in [0.1, 0.15) is 16.7 Å². The van der Waals surface area contributed by atoms with Crippen molar-refractivity contribution >= 4 is 11.9 Å². The predicted molar refractivity (Wildman–Crippen MR) is 127 cm³/mol. The lowest BCUT2D eigenvalue weighted by molar-refractivity contribution is -0.133. The van der Waals surface area contributed by atoms with E-state index in [1.165, 1.54) is 4.90 Å². The van der Waals surface area contributed by atoms with Crippen LogP contribution in [-0.2, 0) is 23.3 Å². The second-order valence-corrected chi connectivity index (χ2v) is 8.73. The van der Waals surface area contributed by atoms with Gasteiger partial charge in [-0.3, -0.25) is 9.69 Å². The first kappa shape index (κ1) is 22.0. The molecule has 2 aliphatic rings. The van der Waals surface area contributed by atoms with Gasteiger partial charge in [-0.2, -0.15) is 0 Å². The topological polar surface area (TPSA) is 71.1 Å². The lowest BCUT2D eigenvalue weighted by Crippen LogP contribution is -2.46. The number of hydrogen-bond acceptors (Lipinski definition) is 5. The molecule has 5 rings (SSSR count). The Hall–Kier alpha value is -3.84. The maximum Gasteiger partial charge on any atom is 0.326 e. The molecule has 3 amide bonds. The molecule has 1 fully saturated rings. The van der Waals surface area contributed by atoms with Gasteiger partial charge in [0.1, 0.15) is 13.2 Å². The third kappa shape index (κ3) is 4.22. The molecule has 0 radical (unpaired) electrons. The van der Waals surface area contributed by atoms with Gasteiger partial charge in [-0.25, -0.2) is 9.69 Å². The number of imide groups is 1. The van der Waals surface area contributed by atoms with Gasteiger partial charge in [-0.05, 0) is 35.9 Å². The molecule has 0 bridgehead atoms. The maximum atomic E-state index is 13.8. The Kier molecular flexibility index (Phi) is 5.94. The lowest BCUT2D eigenvalue weighted by atomic mass is 9.83.